The summed E-state index contributed by atoms with van der Waals surface area (Å²) in [7, 11) is 1.34. The van der Waals surface area contributed by atoms with Crippen molar-refractivity contribution >= 4 is 13.8 Å². The lowest BCUT2D eigenvalue weighted by Crippen LogP contribution is -2.37. The second-order valence-corrected chi connectivity index (χ2v) is 18.3. The van der Waals surface area contributed by atoms with Crippen LogP contribution in [0.25, 0.3) is 0 Å². The fraction of sp³-hybridized carbons (Fsp3) is 0.933. The largest absolute Gasteiger partial charge is 0.756 e. The van der Waals surface area contributed by atoms with Crippen LogP contribution in [-0.2, 0) is 27.9 Å². The first-order valence-corrected chi connectivity index (χ1v) is 24.4. The van der Waals surface area contributed by atoms with Crippen molar-refractivity contribution < 1.29 is 37.3 Å². The van der Waals surface area contributed by atoms with Gasteiger partial charge in [-0.2, -0.15) is 0 Å². The normalized spacial score (nSPS) is 13.7. The Bertz CT molecular complexity index is 879. The number of allylic oxidation sites excluding steroid dienone is 1. The number of hydrogen-bond acceptors (Lipinski definition) is 7. The van der Waals surface area contributed by atoms with Crippen molar-refractivity contribution in [2.24, 2.45) is 0 Å². The van der Waals surface area contributed by atoms with E-state index in [1.165, 1.54) is 167 Å². The first kappa shape index (κ1) is 53.1. The monoisotopic (exact) mass is 788 g/mol. The van der Waals surface area contributed by atoms with E-state index in [0.29, 0.717) is 17.4 Å². The van der Waals surface area contributed by atoms with Crippen LogP contribution in [-0.4, -0.2) is 64.1 Å². The van der Waals surface area contributed by atoms with E-state index < -0.39 is 13.9 Å². The van der Waals surface area contributed by atoms with Gasteiger partial charge < -0.3 is 27.9 Å². The summed E-state index contributed by atoms with van der Waals surface area (Å²) >= 11 is 0. The standard InChI is InChI=1S/C45H90NO7P/c1-6-8-10-12-14-16-18-20-22-24-26-28-30-32-34-36-38-45(47)53-44(43-52-54(48,49)51-41-39-46(3,4)5)42-50-40-37-35-33-31-29-27-25-23-21-19-17-15-13-11-9-7-2/h37,40,44H,6-36,38-39,41-43H2,1-5H3/b40-37+/t44-/m1/s1. The molecule has 322 valence electrons. The predicted molar refractivity (Wildman–Crippen MR) is 226 cm³/mol. The van der Waals surface area contributed by atoms with Gasteiger partial charge in [0.1, 0.15) is 19.8 Å². The number of carbonyl (C=O) groups excluding carboxylic acids is 1. The van der Waals surface area contributed by atoms with Gasteiger partial charge >= 0.3 is 5.97 Å². The average molecular weight is 788 g/mol. The number of nitrogens with zero attached hydrogens (tertiary/aromatic N) is 1. The minimum Gasteiger partial charge on any atom is -0.756 e. The Balaban J connectivity index is 4.23. The van der Waals surface area contributed by atoms with Crippen LogP contribution in [0.5, 0.6) is 0 Å². The first-order valence-electron chi connectivity index (χ1n) is 23.0. The molecule has 0 aromatic rings. The van der Waals surface area contributed by atoms with E-state index in [-0.39, 0.29) is 25.8 Å². The van der Waals surface area contributed by atoms with Gasteiger partial charge in [-0.3, -0.25) is 9.36 Å². The number of ether oxygens (including phenoxy) is 2. The van der Waals surface area contributed by atoms with E-state index in [0.717, 1.165) is 32.1 Å². The summed E-state index contributed by atoms with van der Waals surface area (Å²) in [5.74, 6) is -0.351. The molecule has 0 fully saturated rings. The number of quaternary nitrogens is 1. The van der Waals surface area contributed by atoms with Crippen LogP contribution in [0.4, 0.5) is 0 Å². The lowest BCUT2D eigenvalue weighted by Gasteiger charge is -2.28. The molecule has 9 heteroatoms. The number of carbonyl (C=O) groups is 1. The van der Waals surface area contributed by atoms with Crippen molar-refractivity contribution in [3.63, 3.8) is 0 Å². The van der Waals surface area contributed by atoms with Crippen molar-refractivity contribution in [3.05, 3.63) is 12.3 Å². The number of phosphoric acid groups is 1. The summed E-state index contributed by atoms with van der Waals surface area (Å²) in [6.07, 6.45) is 43.1. The van der Waals surface area contributed by atoms with Gasteiger partial charge in [-0.15, -0.1) is 0 Å². The van der Waals surface area contributed by atoms with E-state index in [4.69, 9.17) is 18.5 Å². The summed E-state index contributed by atoms with van der Waals surface area (Å²) in [5, 5.41) is 0. The number of likely N-dealkylation sites (N-methyl/N-ethyl adjacent to an activating group) is 1. The van der Waals surface area contributed by atoms with Gasteiger partial charge in [0.2, 0.25) is 0 Å². The number of phosphoric ester groups is 1. The van der Waals surface area contributed by atoms with Gasteiger partial charge in [0, 0.05) is 6.42 Å². The molecule has 0 aromatic heterocycles. The lowest BCUT2D eigenvalue weighted by molar-refractivity contribution is -0.870. The van der Waals surface area contributed by atoms with Crippen LogP contribution in [0.2, 0.25) is 0 Å². The van der Waals surface area contributed by atoms with E-state index in [1.54, 1.807) is 6.26 Å². The van der Waals surface area contributed by atoms with Crippen molar-refractivity contribution in [3.8, 4) is 0 Å². The highest BCUT2D eigenvalue weighted by Crippen LogP contribution is 2.38. The molecule has 0 rings (SSSR count). The van der Waals surface area contributed by atoms with Crippen LogP contribution in [0.15, 0.2) is 12.3 Å². The minimum atomic E-state index is -4.53. The third kappa shape index (κ3) is 42.2. The second-order valence-electron chi connectivity index (χ2n) is 16.8. The molecule has 0 radical (unpaired) electrons. The minimum absolute atomic E-state index is 0.0203. The molecular formula is C45H90NO7P. The number of rotatable bonds is 43. The first-order chi connectivity index (χ1) is 26.1. The Labute approximate surface area is 335 Å². The highest BCUT2D eigenvalue weighted by Gasteiger charge is 2.20. The topological polar surface area (TPSA) is 94.1 Å². The SMILES string of the molecule is CCCCCCCCCCCCCCCC/C=C/OC[C@H](COP(=O)([O-])OCC[N+](C)(C)C)OC(=O)CCCCCCCCCCCCCCCCCC. The maximum Gasteiger partial charge on any atom is 0.306 e. The number of hydrogen-bond donors (Lipinski definition) is 0. The fourth-order valence-electron chi connectivity index (χ4n) is 6.57. The van der Waals surface area contributed by atoms with Gasteiger partial charge in [-0.1, -0.05) is 194 Å². The maximum absolute atomic E-state index is 12.7. The quantitative estimate of drug-likeness (QED) is 0.0200. The van der Waals surface area contributed by atoms with Gasteiger partial charge in [-0.25, -0.2) is 0 Å². The highest BCUT2D eigenvalue weighted by atomic mass is 31.2. The molecule has 0 aliphatic carbocycles. The van der Waals surface area contributed by atoms with Crippen LogP contribution in [0.3, 0.4) is 0 Å². The van der Waals surface area contributed by atoms with Crippen molar-refractivity contribution in [1.82, 2.24) is 0 Å². The summed E-state index contributed by atoms with van der Waals surface area (Å²) in [6.45, 7) is 4.77. The van der Waals surface area contributed by atoms with Crippen LogP contribution in [0, 0.1) is 0 Å². The molecule has 0 aromatic carbocycles. The van der Waals surface area contributed by atoms with Crippen molar-refractivity contribution in [2.75, 3.05) is 47.5 Å². The third-order valence-electron chi connectivity index (χ3n) is 10.2. The van der Waals surface area contributed by atoms with E-state index in [2.05, 4.69) is 13.8 Å². The number of esters is 1. The van der Waals surface area contributed by atoms with Gasteiger partial charge in [-0.05, 0) is 25.3 Å². The van der Waals surface area contributed by atoms with Crippen molar-refractivity contribution in [1.29, 1.82) is 0 Å². The molecule has 1 unspecified atom stereocenters. The van der Waals surface area contributed by atoms with Gasteiger partial charge in [0.15, 0.2) is 6.10 Å². The van der Waals surface area contributed by atoms with E-state index >= 15 is 0 Å². The molecule has 0 saturated heterocycles. The zero-order valence-electron chi connectivity index (χ0n) is 36.4. The van der Waals surface area contributed by atoms with Crippen LogP contribution >= 0.6 is 7.82 Å². The third-order valence-corrected chi connectivity index (χ3v) is 11.1. The summed E-state index contributed by atoms with van der Waals surface area (Å²) in [4.78, 5) is 25.0. The molecule has 2 atom stereocenters. The maximum atomic E-state index is 12.7. The molecule has 0 N–H and O–H groups in total. The van der Waals surface area contributed by atoms with E-state index in [1.807, 2.05) is 27.2 Å². The predicted octanol–water partition coefficient (Wildman–Crippen LogP) is 13.2. The molecule has 0 bridgehead atoms. The molecular weight excluding hydrogens is 697 g/mol. The summed E-state index contributed by atoms with van der Waals surface area (Å²) in [6, 6.07) is 0. The second kappa shape index (κ2) is 38.9. The fourth-order valence-corrected chi connectivity index (χ4v) is 7.30. The Kier molecular flexibility index (Phi) is 38.3. The highest BCUT2D eigenvalue weighted by molar-refractivity contribution is 7.45. The molecule has 0 amide bonds. The Morgan fingerprint density at radius 3 is 1.37 bits per heavy atom. The number of unbranched alkanes of at least 4 members (excludes halogenated alkanes) is 29. The Hall–Kier alpha value is -0.920. The van der Waals surface area contributed by atoms with Gasteiger partial charge in [0.05, 0.1) is 34.0 Å². The zero-order valence-corrected chi connectivity index (χ0v) is 37.3. The summed E-state index contributed by atoms with van der Waals surface area (Å²) < 4.78 is 34.4. The zero-order chi connectivity index (χ0) is 39.9. The molecule has 0 aliphatic heterocycles. The van der Waals surface area contributed by atoms with Gasteiger partial charge in [0.25, 0.3) is 7.82 Å². The smallest absolute Gasteiger partial charge is 0.306 e. The van der Waals surface area contributed by atoms with Crippen LogP contribution < -0.4 is 4.89 Å². The molecule has 54 heavy (non-hydrogen) atoms. The van der Waals surface area contributed by atoms with Crippen LogP contribution in [0.1, 0.15) is 219 Å². The Morgan fingerprint density at radius 2 is 0.963 bits per heavy atom. The lowest BCUT2D eigenvalue weighted by atomic mass is 10.0. The molecule has 0 spiro atoms. The molecule has 0 saturated carbocycles. The molecule has 0 heterocycles. The molecule has 8 nitrogen and oxygen atoms in total. The molecule has 0 aliphatic rings. The Morgan fingerprint density at radius 1 is 0.574 bits per heavy atom. The van der Waals surface area contributed by atoms with Crippen molar-refractivity contribution in [2.45, 2.75) is 225 Å². The van der Waals surface area contributed by atoms with E-state index in [9.17, 15) is 14.3 Å². The average Bonchev–Trinajstić information content (AvgIpc) is 3.12. The summed E-state index contributed by atoms with van der Waals surface area (Å²) in [5.41, 5.74) is 0.